The molecular weight excluding hydrogens is 234 g/mol. The summed E-state index contributed by atoms with van der Waals surface area (Å²) in [6, 6.07) is 8.15. The minimum Gasteiger partial charge on any atom is -0.375 e. The van der Waals surface area contributed by atoms with Crippen molar-refractivity contribution >= 4 is 17.3 Å². The molecule has 0 radical (unpaired) electrons. The van der Waals surface area contributed by atoms with Gasteiger partial charge in [0.05, 0.1) is 23.6 Å². The molecule has 3 rings (SSSR count). The first-order valence-electron chi connectivity index (χ1n) is 5.65. The highest BCUT2D eigenvalue weighted by Crippen LogP contribution is 2.31. The second kappa shape index (κ2) is 4.34. The van der Waals surface area contributed by atoms with E-state index in [2.05, 4.69) is 21.4 Å². The van der Waals surface area contributed by atoms with Gasteiger partial charge in [-0.1, -0.05) is 17.7 Å². The molecule has 2 aromatic heterocycles. The van der Waals surface area contributed by atoms with Gasteiger partial charge in [0.15, 0.2) is 0 Å². The molecule has 1 atom stereocenters. The van der Waals surface area contributed by atoms with Crippen molar-refractivity contribution in [2.75, 3.05) is 5.32 Å². The van der Waals surface area contributed by atoms with Crippen LogP contribution in [0.2, 0.25) is 5.15 Å². The molecule has 1 unspecified atom stereocenters. The lowest BCUT2D eigenvalue weighted by molar-refractivity contribution is 0.745. The van der Waals surface area contributed by atoms with Crippen LogP contribution in [-0.2, 0) is 6.42 Å². The zero-order valence-electron chi connectivity index (χ0n) is 9.23. The summed E-state index contributed by atoms with van der Waals surface area (Å²) in [6.07, 6.45) is 5.76. The first-order valence-corrected chi connectivity index (χ1v) is 6.02. The Labute approximate surface area is 105 Å². The van der Waals surface area contributed by atoms with Gasteiger partial charge in [-0.2, -0.15) is 0 Å². The van der Waals surface area contributed by atoms with E-state index in [-0.39, 0.29) is 6.04 Å². The van der Waals surface area contributed by atoms with Crippen molar-refractivity contribution in [2.24, 2.45) is 0 Å². The highest BCUT2D eigenvalue weighted by molar-refractivity contribution is 6.29. The van der Waals surface area contributed by atoms with E-state index < -0.39 is 0 Å². The number of hydrogen-bond donors (Lipinski definition) is 1. The van der Waals surface area contributed by atoms with Crippen LogP contribution in [-0.4, -0.2) is 9.97 Å². The number of pyridine rings is 2. The summed E-state index contributed by atoms with van der Waals surface area (Å²) in [6.45, 7) is 0. The summed E-state index contributed by atoms with van der Waals surface area (Å²) in [5.41, 5.74) is 3.48. The predicted octanol–water partition coefficient (Wildman–Crippen LogP) is 3.23. The van der Waals surface area contributed by atoms with Crippen LogP contribution in [0.1, 0.15) is 23.7 Å². The largest absolute Gasteiger partial charge is 0.375 e. The number of anilines is 1. The molecule has 17 heavy (non-hydrogen) atoms. The third-order valence-electron chi connectivity index (χ3n) is 3.03. The zero-order valence-corrected chi connectivity index (χ0v) is 9.98. The first kappa shape index (κ1) is 10.5. The SMILES string of the molecule is Clc1ccc(NC2CCc3cccnc32)cn1. The molecule has 2 heterocycles. The van der Waals surface area contributed by atoms with Crippen LogP contribution in [0.15, 0.2) is 36.7 Å². The number of hydrogen-bond acceptors (Lipinski definition) is 3. The van der Waals surface area contributed by atoms with E-state index in [0.717, 1.165) is 24.2 Å². The Kier molecular flexibility index (Phi) is 2.69. The summed E-state index contributed by atoms with van der Waals surface area (Å²) in [5.74, 6) is 0. The van der Waals surface area contributed by atoms with Gasteiger partial charge < -0.3 is 5.32 Å². The van der Waals surface area contributed by atoms with Gasteiger partial charge in [-0.15, -0.1) is 0 Å². The fraction of sp³-hybridized carbons (Fsp3) is 0.231. The molecule has 0 aromatic carbocycles. The van der Waals surface area contributed by atoms with Crippen LogP contribution in [0.3, 0.4) is 0 Å². The maximum Gasteiger partial charge on any atom is 0.129 e. The molecule has 1 N–H and O–H groups in total. The van der Waals surface area contributed by atoms with Gasteiger partial charge in [0.2, 0.25) is 0 Å². The van der Waals surface area contributed by atoms with Gasteiger partial charge in [0.25, 0.3) is 0 Å². The molecule has 2 aromatic rings. The molecule has 0 aliphatic heterocycles. The monoisotopic (exact) mass is 245 g/mol. The molecule has 0 spiro atoms. The third kappa shape index (κ3) is 2.11. The fourth-order valence-electron chi connectivity index (χ4n) is 2.22. The lowest BCUT2D eigenvalue weighted by atomic mass is 10.2. The van der Waals surface area contributed by atoms with Crippen molar-refractivity contribution in [3.63, 3.8) is 0 Å². The van der Waals surface area contributed by atoms with Gasteiger partial charge in [-0.05, 0) is 36.6 Å². The molecule has 1 aliphatic rings. The quantitative estimate of drug-likeness (QED) is 0.826. The van der Waals surface area contributed by atoms with Gasteiger partial charge in [0.1, 0.15) is 5.15 Å². The average Bonchev–Trinajstić information content (AvgIpc) is 2.76. The van der Waals surface area contributed by atoms with E-state index in [0.29, 0.717) is 5.15 Å². The van der Waals surface area contributed by atoms with Crippen molar-refractivity contribution in [3.05, 3.63) is 53.1 Å². The highest BCUT2D eigenvalue weighted by atomic mass is 35.5. The van der Waals surface area contributed by atoms with E-state index in [1.54, 1.807) is 12.3 Å². The number of nitrogens with one attached hydrogen (secondary N) is 1. The molecule has 0 fully saturated rings. The summed E-state index contributed by atoms with van der Waals surface area (Å²) < 4.78 is 0. The fourth-order valence-corrected chi connectivity index (χ4v) is 2.33. The Bertz CT molecular complexity index is 524. The Balaban J connectivity index is 1.81. The van der Waals surface area contributed by atoms with Gasteiger partial charge in [-0.3, -0.25) is 4.98 Å². The zero-order chi connectivity index (χ0) is 11.7. The van der Waals surface area contributed by atoms with Crippen LogP contribution in [0.4, 0.5) is 5.69 Å². The number of aryl methyl sites for hydroxylation is 1. The number of rotatable bonds is 2. The molecule has 86 valence electrons. The molecule has 0 saturated heterocycles. The van der Waals surface area contributed by atoms with Crippen molar-refractivity contribution in [1.29, 1.82) is 0 Å². The average molecular weight is 246 g/mol. The Morgan fingerprint density at radius 2 is 2.18 bits per heavy atom. The number of nitrogens with zero attached hydrogens (tertiary/aromatic N) is 2. The smallest absolute Gasteiger partial charge is 0.129 e. The molecule has 0 amide bonds. The Morgan fingerprint density at radius 1 is 1.24 bits per heavy atom. The van der Waals surface area contributed by atoms with Crippen LogP contribution in [0.25, 0.3) is 0 Å². The second-order valence-corrected chi connectivity index (χ2v) is 4.54. The summed E-state index contributed by atoms with van der Waals surface area (Å²) in [7, 11) is 0. The van der Waals surface area contributed by atoms with E-state index in [4.69, 9.17) is 11.6 Å². The number of aromatic nitrogens is 2. The number of fused-ring (bicyclic) bond motifs is 1. The summed E-state index contributed by atoms with van der Waals surface area (Å²) in [5, 5.41) is 3.95. The van der Waals surface area contributed by atoms with Crippen LogP contribution in [0.5, 0.6) is 0 Å². The molecule has 3 nitrogen and oxygen atoms in total. The maximum atomic E-state index is 5.76. The minimum absolute atomic E-state index is 0.286. The maximum absolute atomic E-state index is 5.76. The van der Waals surface area contributed by atoms with Crippen molar-refractivity contribution in [2.45, 2.75) is 18.9 Å². The van der Waals surface area contributed by atoms with Crippen molar-refractivity contribution < 1.29 is 0 Å². The molecular formula is C13H12ClN3. The van der Waals surface area contributed by atoms with E-state index in [9.17, 15) is 0 Å². The molecule has 4 heteroatoms. The minimum atomic E-state index is 0.286. The Morgan fingerprint density at radius 3 is 3.00 bits per heavy atom. The summed E-state index contributed by atoms with van der Waals surface area (Å²) in [4.78, 5) is 8.51. The van der Waals surface area contributed by atoms with E-state index in [1.165, 1.54) is 5.56 Å². The highest BCUT2D eigenvalue weighted by Gasteiger charge is 2.23. The Hall–Kier alpha value is -1.61. The molecule has 1 aliphatic carbocycles. The van der Waals surface area contributed by atoms with Gasteiger partial charge in [0, 0.05) is 6.20 Å². The van der Waals surface area contributed by atoms with Gasteiger partial charge >= 0.3 is 0 Å². The van der Waals surface area contributed by atoms with Crippen molar-refractivity contribution in [3.8, 4) is 0 Å². The number of halogens is 1. The van der Waals surface area contributed by atoms with Gasteiger partial charge in [-0.25, -0.2) is 4.98 Å². The second-order valence-electron chi connectivity index (χ2n) is 4.15. The molecule has 0 saturated carbocycles. The lowest BCUT2D eigenvalue weighted by Crippen LogP contribution is -2.08. The van der Waals surface area contributed by atoms with Crippen LogP contribution in [0, 0.1) is 0 Å². The van der Waals surface area contributed by atoms with Crippen LogP contribution >= 0.6 is 11.6 Å². The van der Waals surface area contributed by atoms with Crippen molar-refractivity contribution in [1.82, 2.24) is 9.97 Å². The van der Waals surface area contributed by atoms with Crippen LogP contribution < -0.4 is 5.32 Å². The molecule has 0 bridgehead atoms. The van der Waals surface area contributed by atoms with E-state index >= 15 is 0 Å². The first-order chi connectivity index (χ1) is 8.33. The predicted molar refractivity (Wildman–Crippen MR) is 68.2 cm³/mol. The standard InChI is InChI=1S/C13H12ClN3/c14-12-6-4-10(8-16-12)17-11-5-3-9-2-1-7-15-13(9)11/h1-2,4,6-8,11,17H,3,5H2. The third-order valence-corrected chi connectivity index (χ3v) is 3.25. The normalized spacial score (nSPS) is 17.8. The van der Waals surface area contributed by atoms with E-state index in [1.807, 2.05) is 18.3 Å². The summed E-state index contributed by atoms with van der Waals surface area (Å²) >= 11 is 5.76. The lowest BCUT2D eigenvalue weighted by Gasteiger charge is -2.14. The topological polar surface area (TPSA) is 37.8 Å².